The molecule has 0 unspecified atom stereocenters. The Balaban J connectivity index is 2.54. The van der Waals surface area contributed by atoms with E-state index >= 15 is 0 Å². The number of nitrogens with zero attached hydrogens (tertiary/aromatic N) is 1. The van der Waals surface area contributed by atoms with Gasteiger partial charge in [0.15, 0.2) is 11.5 Å². The zero-order valence-corrected chi connectivity index (χ0v) is 7.26. The summed E-state index contributed by atoms with van der Waals surface area (Å²) in [4.78, 5) is 4.19. The summed E-state index contributed by atoms with van der Waals surface area (Å²) >= 11 is 0. The molecule has 0 aliphatic carbocycles. The van der Waals surface area contributed by atoms with Crippen molar-refractivity contribution in [3.63, 3.8) is 0 Å². The minimum absolute atomic E-state index is 0.622. The maximum atomic E-state index is 5.47. The first-order valence-electron chi connectivity index (χ1n) is 4.01. The molecule has 1 aliphatic rings. The van der Waals surface area contributed by atoms with Crippen LogP contribution in [0.4, 0.5) is 0 Å². The van der Waals surface area contributed by atoms with Crippen LogP contribution < -0.4 is 9.47 Å². The standard InChI is InChI=1S/C9H11NO2/c1-6-7(2)10-5-8-9(6)12-4-3-11-8/h5H,3-4H2,1-2H3. The monoisotopic (exact) mass is 165 g/mol. The molecule has 1 aliphatic heterocycles. The summed E-state index contributed by atoms with van der Waals surface area (Å²) < 4.78 is 10.8. The van der Waals surface area contributed by atoms with Gasteiger partial charge in [-0.1, -0.05) is 0 Å². The number of hydrogen-bond donors (Lipinski definition) is 0. The average molecular weight is 165 g/mol. The molecule has 2 rings (SSSR count). The molecule has 3 nitrogen and oxygen atoms in total. The van der Waals surface area contributed by atoms with Gasteiger partial charge in [-0.2, -0.15) is 0 Å². The fourth-order valence-corrected chi connectivity index (χ4v) is 1.24. The van der Waals surface area contributed by atoms with E-state index in [1.54, 1.807) is 6.20 Å². The first-order valence-corrected chi connectivity index (χ1v) is 4.01. The van der Waals surface area contributed by atoms with Crippen LogP contribution in [0.2, 0.25) is 0 Å². The molecule has 0 radical (unpaired) electrons. The van der Waals surface area contributed by atoms with Gasteiger partial charge in [-0.3, -0.25) is 4.98 Å². The maximum absolute atomic E-state index is 5.47. The van der Waals surface area contributed by atoms with Crippen molar-refractivity contribution >= 4 is 0 Å². The Bertz CT molecular complexity index is 310. The Hall–Kier alpha value is -1.25. The summed E-state index contributed by atoms with van der Waals surface area (Å²) in [6, 6.07) is 0. The molecule has 1 aromatic heterocycles. The maximum Gasteiger partial charge on any atom is 0.179 e. The number of rotatable bonds is 0. The van der Waals surface area contributed by atoms with Crippen LogP contribution in [0.5, 0.6) is 11.5 Å². The molecule has 0 amide bonds. The number of fused-ring (bicyclic) bond motifs is 1. The smallest absolute Gasteiger partial charge is 0.179 e. The fraction of sp³-hybridized carbons (Fsp3) is 0.444. The van der Waals surface area contributed by atoms with E-state index in [1.807, 2.05) is 13.8 Å². The quantitative estimate of drug-likeness (QED) is 0.583. The van der Waals surface area contributed by atoms with E-state index in [0.29, 0.717) is 13.2 Å². The van der Waals surface area contributed by atoms with Gasteiger partial charge in [0, 0.05) is 11.3 Å². The minimum Gasteiger partial charge on any atom is -0.486 e. The fourth-order valence-electron chi connectivity index (χ4n) is 1.24. The molecular formula is C9H11NO2. The van der Waals surface area contributed by atoms with E-state index < -0.39 is 0 Å². The first-order chi connectivity index (χ1) is 5.79. The predicted molar refractivity (Wildman–Crippen MR) is 44.7 cm³/mol. The van der Waals surface area contributed by atoms with E-state index in [1.165, 1.54) is 0 Å². The SMILES string of the molecule is Cc1ncc2c(c1C)OCCO2. The molecule has 0 N–H and O–H groups in total. The lowest BCUT2D eigenvalue weighted by Gasteiger charge is -2.20. The van der Waals surface area contributed by atoms with Crippen LogP contribution in [0.25, 0.3) is 0 Å². The highest BCUT2D eigenvalue weighted by molar-refractivity contribution is 5.46. The zero-order valence-electron chi connectivity index (χ0n) is 7.26. The molecule has 0 bridgehead atoms. The summed E-state index contributed by atoms with van der Waals surface area (Å²) in [6.07, 6.45) is 1.72. The Morgan fingerprint density at radius 1 is 1.25 bits per heavy atom. The van der Waals surface area contributed by atoms with Gasteiger partial charge in [-0.15, -0.1) is 0 Å². The lowest BCUT2D eigenvalue weighted by Crippen LogP contribution is -2.16. The molecule has 12 heavy (non-hydrogen) atoms. The van der Waals surface area contributed by atoms with Gasteiger partial charge in [0.1, 0.15) is 13.2 Å². The number of aryl methyl sites for hydroxylation is 1. The average Bonchev–Trinajstić information content (AvgIpc) is 2.12. The Kier molecular flexibility index (Phi) is 1.64. The van der Waals surface area contributed by atoms with Gasteiger partial charge < -0.3 is 9.47 Å². The third-order valence-electron chi connectivity index (χ3n) is 2.07. The van der Waals surface area contributed by atoms with Crippen molar-refractivity contribution in [3.8, 4) is 11.5 Å². The summed E-state index contributed by atoms with van der Waals surface area (Å²) in [6.45, 7) is 5.22. The molecule has 1 aromatic rings. The van der Waals surface area contributed by atoms with Crippen LogP contribution >= 0.6 is 0 Å². The molecule has 64 valence electrons. The van der Waals surface area contributed by atoms with E-state index in [2.05, 4.69) is 4.98 Å². The van der Waals surface area contributed by atoms with Crippen LogP contribution in [-0.4, -0.2) is 18.2 Å². The first kappa shape index (κ1) is 7.40. The molecule has 3 heteroatoms. The second kappa shape index (κ2) is 2.66. The number of ether oxygens (including phenoxy) is 2. The van der Waals surface area contributed by atoms with Crippen LogP contribution in [-0.2, 0) is 0 Å². The van der Waals surface area contributed by atoms with E-state index in [9.17, 15) is 0 Å². The molecule has 0 spiro atoms. The van der Waals surface area contributed by atoms with E-state index in [4.69, 9.17) is 9.47 Å². The Labute approximate surface area is 71.3 Å². The summed E-state index contributed by atoms with van der Waals surface area (Å²) in [5.74, 6) is 1.62. The van der Waals surface area contributed by atoms with Crippen LogP contribution in [0.3, 0.4) is 0 Å². The largest absolute Gasteiger partial charge is 0.486 e. The molecule has 0 fully saturated rings. The Morgan fingerprint density at radius 3 is 2.83 bits per heavy atom. The predicted octanol–water partition coefficient (Wildman–Crippen LogP) is 1.47. The van der Waals surface area contributed by atoms with Gasteiger partial charge in [0.2, 0.25) is 0 Å². The lowest BCUT2D eigenvalue weighted by atomic mass is 10.2. The van der Waals surface area contributed by atoms with E-state index in [0.717, 1.165) is 22.8 Å². The van der Waals surface area contributed by atoms with Crippen LogP contribution in [0.15, 0.2) is 6.20 Å². The second-order valence-electron chi connectivity index (χ2n) is 2.86. The number of hydrogen-bond acceptors (Lipinski definition) is 3. The minimum atomic E-state index is 0.622. The van der Waals surface area contributed by atoms with Crippen molar-refractivity contribution < 1.29 is 9.47 Å². The highest BCUT2D eigenvalue weighted by Gasteiger charge is 2.15. The summed E-state index contributed by atoms with van der Waals surface area (Å²) in [5.41, 5.74) is 2.08. The summed E-state index contributed by atoms with van der Waals surface area (Å²) in [5, 5.41) is 0. The van der Waals surface area contributed by atoms with Gasteiger partial charge in [-0.25, -0.2) is 0 Å². The van der Waals surface area contributed by atoms with Crippen molar-refractivity contribution in [2.45, 2.75) is 13.8 Å². The molecular weight excluding hydrogens is 154 g/mol. The molecule has 2 heterocycles. The topological polar surface area (TPSA) is 31.4 Å². The number of pyridine rings is 1. The van der Waals surface area contributed by atoms with Crippen molar-refractivity contribution in [3.05, 3.63) is 17.5 Å². The molecule has 0 saturated carbocycles. The lowest BCUT2D eigenvalue weighted by molar-refractivity contribution is 0.169. The van der Waals surface area contributed by atoms with Crippen molar-refractivity contribution in [1.82, 2.24) is 4.98 Å². The zero-order chi connectivity index (χ0) is 8.55. The molecule has 0 aromatic carbocycles. The molecule has 0 atom stereocenters. The second-order valence-corrected chi connectivity index (χ2v) is 2.86. The van der Waals surface area contributed by atoms with Gasteiger partial charge in [0.05, 0.1) is 6.20 Å². The molecule has 0 saturated heterocycles. The normalized spacial score (nSPS) is 14.5. The third kappa shape index (κ3) is 1.02. The highest BCUT2D eigenvalue weighted by atomic mass is 16.6. The Morgan fingerprint density at radius 2 is 2.00 bits per heavy atom. The van der Waals surface area contributed by atoms with Gasteiger partial charge in [0.25, 0.3) is 0 Å². The van der Waals surface area contributed by atoms with Crippen LogP contribution in [0.1, 0.15) is 11.3 Å². The van der Waals surface area contributed by atoms with Crippen molar-refractivity contribution in [2.75, 3.05) is 13.2 Å². The van der Waals surface area contributed by atoms with E-state index in [-0.39, 0.29) is 0 Å². The van der Waals surface area contributed by atoms with Crippen molar-refractivity contribution in [1.29, 1.82) is 0 Å². The van der Waals surface area contributed by atoms with Gasteiger partial charge in [-0.05, 0) is 13.8 Å². The van der Waals surface area contributed by atoms with Crippen LogP contribution in [0, 0.1) is 13.8 Å². The highest BCUT2D eigenvalue weighted by Crippen LogP contribution is 2.33. The summed E-state index contributed by atoms with van der Waals surface area (Å²) in [7, 11) is 0. The van der Waals surface area contributed by atoms with Gasteiger partial charge >= 0.3 is 0 Å². The third-order valence-corrected chi connectivity index (χ3v) is 2.07. The van der Waals surface area contributed by atoms with Crippen molar-refractivity contribution in [2.24, 2.45) is 0 Å². The number of aromatic nitrogens is 1.